The van der Waals surface area contributed by atoms with E-state index in [0.29, 0.717) is 11.4 Å². The fourth-order valence-corrected chi connectivity index (χ4v) is 0.587. The fraction of sp³-hybridized carbons (Fsp3) is 0. The van der Waals surface area contributed by atoms with Gasteiger partial charge in [0.1, 0.15) is 0 Å². The zero-order chi connectivity index (χ0) is 6.69. The van der Waals surface area contributed by atoms with E-state index >= 15 is 0 Å². The number of nitrogen functional groups attached to an aromatic ring is 1. The molecule has 0 saturated carbocycles. The monoisotopic (exact) mass is 344 g/mol. The minimum absolute atomic E-state index is 0. The number of hydrogen-bond acceptors (Lipinski definition) is 2. The van der Waals surface area contributed by atoms with Gasteiger partial charge in [-0.2, -0.15) is 0 Å². The summed E-state index contributed by atoms with van der Waals surface area (Å²) in [4.78, 5) is 2.95. The van der Waals surface area contributed by atoms with Gasteiger partial charge in [-0.3, -0.25) is 0 Å². The topological polar surface area (TPSA) is 54.2 Å². The molecule has 1 aromatic rings. The summed E-state index contributed by atoms with van der Waals surface area (Å²) in [5.41, 5.74) is 6.45. The van der Waals surface area contributed by atoms with Crippen LogP contribution in [0.3, 0.4) is 0 Å². The quantitative estimate of drug-likeness (QED) is 0.446. The van der Waals surface area contributed by atoms with Crippen molar-refractivity contribution < 1.29 is 19.5 Å². The van der Waals surface area contributed by atoms with Crippen molar-refractivity contribution in [1.82, 2.24) is 0 Å². The molecule has 1 aromatic carbocycles. The first kappa shape index (κ1) is 17.9. The molecule has 0 aliphatic rings. The zero-order valence-corrected chi connectivity index (χ0v) is 12.7. The summed E-state index contributed by atoms with van der Waals surface area (Å²) in [7, 11) is 0. The number of hydrogen-bond donors (Lipinski definition) is 1. The standard InChI is InChI=1S/C6H6N3.2BrH.Zn/c7-5-2-1-3-6(4-5)9-8;;;/h1-4H,7H2;2*1H;/q+1;;;+2. The van der Waals surface area contributed by atoms with Gasteiger partial charge < -0.3 is 5.73 Å². The number of diazo groups is 1. The van der Waals surface area contributed by atoms with E-state index in [9.17, 15) is 0 Å². The van der Waals surface area contributed by atoms with Crippen molar-refractivity contribution in [2.45, 2.75) is 0 Å². The molecule has 0 fully saturated rings. The van der Waals surface area contributed by atoms with Crippen molar-refractivity contribution >= 4 is 45.3 Å². The molecule has 0 heterocycles. The smallest absolute Gasteiger partial charge is 0.398 e. The Bertz CT molecular complexity index is 261. The Hall–Kier alpha value is 0.0234. The molecule has 1 rings (SSSR count). The van der Waals surface area contributed by atoms with E-state index in [1.54, 1.807) is 24.3 Å². The van der Waals surface area contributed by atoms with Crippen LogP contribution < -0.4 is 5.73 Å². The number of rotatable bonds is 0. The van der Waals surface area contributed by atoms with Gasteiger partial charge in [0.2, 0.25) is 5.39 Å². The van der Waals surface area contributed by atoms with Crippen LogP contribution in [-0.2, 0) is 19.5 Å². The summed E-state index contributed by atoms with van der Waals surface area (Å²) in [6.45, 7) is 0. The molecule has 0 aliphatic carbocycles. The fourth-order valence-electron chi connectivity index (χ4n) is 0.587. The number of halogens is 2. The molecule has 60 valence electrons. The van der Waals surface area contributed by atoms with E-state index in [2.05, 4.69) is 4.98 Å². The van der Waals surface area contributed by atoms with Crippen molar-refractivity contribution in [3.8, 4) is 0 Å². The molecule has 0 radical (unpaired) electrons. The normalized spacial score (nSPS) is 6.25. The van der Waals surface area contributed by atoms with E-state index in [4.69, 9.17) is 11.1 Å². The summed E-state index contributed by atoms with van der Waals surface area (Å²) in [6.07, 6.45) is 0. The Labute approximate surface area is 105 Å². The van der Waals surface area contributed by atoms with Crippen LogP contribution in [0.25, 0.3) is 4.98 Å². The molecule has 12 heavy (non-hydrogen) atoms. The predicted octanol–water partition coefficient (Wildman–Crippen LogP) is 2.91. The molecule has 2 N–H and O–H groups in total. The molecule has 6 heteroatoms. The van der Waals surface area contributed by atoms with Crippen LogP contribution in [0.15, 0.2) is 24.3 Å². The van der Waals surface area contributed by atoms with Crippen LogP contribution in [0.1, 0.15) is 0 Å². The minimum atomic E-state index is 0. The zero-order valence-electron chi connectivity index (χ0n) is 6.30. The second-order valence-corrected chi connectivity index (χ2v) is 1.69. The number of anilines is 1. The third-order valence-electron chi connectivity index (χ3n) is 0.986. The minimum Gasteiger partial charge on any atom is -0.398 e. The van der Waals surface area contributed by atoms with Crippen molar-refractivity contribution in [3.63, 3.8) is 0 Å². The van der Waals surface area contributed by atoms with Crippen LogP contribution in [-0.4, -0.2) is 0 Å². The molecule has 3 nitrogen and oxygen atoms in total. The summed E-state index contributed by atoms with van der Waals surface area (Å²) < 4.78 is 0. The van der Waals surface area contributed by atoms with Crippen molar-refractivity contribution in [3.05, 3.63) is 29.2 Å². The van der Waals surface area contributed by atoms with E-state index in [-0.39, 0.29) is 53.4 Å². The van der Waals surface area contributed by atoms with Gasteiger partial charge in [0.05, 0.1) is 6.07 Å². The largest absolute Gasteiger partial charge is 2.00 e. The van der Waals surface area contributed by atoms with E-state index in [1.165, 1.54) is 0 Å². The Kier molecular flexibility index (Phi) is 13.6. The van der Waals surface area contributed by atoms with Gasteiger partial charge in [-0.05, 0) is 6.07 Å². The molecule has 0 amide bonds. The van der Waals surface area contributed by atoms with Gasteiger partial charge >= 0.3 is 25.2 Å². The van der Waals surface area contributed by atoms with Crippen LogP contribution in [0.4, 0.5) is 11.4 Å². The molecule has 0 aromatic heterocycles. The van der Waals surface area contributed by atoms with Gasteiger partial charge in [0.15, 0.2) is 4.98 Å². The third kappa shape index (κ3) is 5.65. The number of nitrogens with two attached hydrogens (primary N) is 1. The Balaban J connectivity index is -0.000000270. The van der Waals surface area contributed by atoms with E-state index in [1.807, 2.05) is 0 Å². The first-order valence-corrected chi connectivity index (χ1v) is 2.53. The number of nitrogens with zero attached hydrogens (tertiary/aromatic N) is 2. The second kappa shape index (κ2) is 9.11. The van der Waals surface area contributed by atoms with Crippen molar-refractivity contribution in [2.24, 2.45) is 0 Å². The first-order valence-electron chi connectivity index (χ1n) is 2.53. The average molecular weight is 347 g/mol. The molecule has 0 unspecified atom stereocenters. The summed E-state index contributed by atoms with van der Waals surface area (Å²) in [6, 6.07) is 6.70. The van der Waals surface area contributed by atoms with Crippen molar-refractivity contribution in [1.29, 1.82) is 5.39 Å². The van der Waals surface area contributed by atoms with Crippen LogP contribution in [0.2, 0.25) is 0 Å². The van der Waals surface area contributed by atoms with E-state index in [0.717, 1.165) is 0 Å². The maximum Gasteiger partial charge on any atom is 2.00 e. The molecule has 0 spiro atoms. The van der Waals surface area contributed by atoms with Crippen LogP contribution >= 0.6 is 34.0 Å². The maximum atomic E-state index is 8.23. The Morgan fingerprint density at radius 1 is 1.25 bits per heavy atom. The maximum absolute atomic E-state index is 8.23. The van der Waals surface area contributed by atoms with Crippen LogP contribution in [0.5, 0.6) is 0 Å². The second-order valence-electron chi connectivity index (χ2n) is 1.69. The molecule has 0 aliphatic heterocycles. The first-order chi connectivity index (χ1) is 4.33. The number of benzene rings is 1. The van der Waals surface area contributed by atoms with Crippen molar-refractivity contribution in [2.75, 3.05) is 5.73 Å². The van der Waals surface area contributed by atoms with Gasteiger partial charge in [-0.1, -0.05) is 6.07 Å². The summed E-state index contributed by atoms with van der Waals surface area (Å²) in [5.74, 6) is 0. The van der Waals surface area contributed by atoms with Crippen LogP contribution in [0, 0.1) is 5.39 Å². The SMILES string of the molecule is Br.Br.N#[N+]c1cccc(N)c1.[Zn+2]. The van der Waals surface area contributed by atoms with Gasteiger partial charge in [-0.25, -0.2) is 0 Å². The average Bonchev–Trinajstić information content (AvgIpc) is 1.88. The molecule has 0 bridgehead atoms. The van der Waals surface area contributed by atoms with E-state index < -0.39 is 0 Å². The Morgan fingerprint density at radius 2 is 1.83 bits per heavy atom. The summed E-state index contributed by atoms with van der Waals surface area (Å²) in [5, 5.41) is 8.23. The molecule has 0 saturated heterocycles. The summed E-state index contributed by atoms with van der Waals surface area (Å²) >= 11 is 0. The van der Waals surface area contributed by atoms with Gasteiger partial charge in [0, 0.05) is 11.8 Å². The predicted molar refractivity (Wildman–Crippen MR) is 56.2 cm³/mol. The Morgan fingerprint density at radius 3 is 2.17 bits per heavy atom. The van der Waals surface area contributed by atoms with Gasteiger partial charge in [0.25, 0.3) is 0 Å². The third-order valence-corrected chi connectivity index (χ3v) is 0.986. The van der Waals surface area contributed by atoms with Gasteiger partial charge in [-0.15, -0.1) is 34.0 Å². The molecular weight excluding hydrogens is 339 g/mol. The molecule has 0 atom stereocenters. The molecular formula is C6H8Br2N3Zn+3.